The number of aromatic nitrogens is 1. The molecule has 31 heavy (non-hydrogen) atoms. The maximum atomic E-state index is 13.6. The molecule has 3 heterocycles. The number of fused-ring (bicyclic) bond motifs is 2. The summed E-state index contributed by atoms with van der Waals surface area (Å²) in [4.78, 5) is 21.1. The first-order valence-corrected chi connectivity index (χ1v) is 10.6. The Labute approximate surface area is 183 Å². The molecule has 1 aromatic heterocycles. The average molecular weight is 441 g/mol. The Kier molecular flexibility index (Phi) is 4.91. The zero-order chi connectivity index (χ0) is 21.6. The molecule has 0 aromatic carbocycles. The molecular weight excluding hydrogens is 421 g/mol. The molecule has 4 aliphatic rings. The number of amidine groups is 1. The maximum absolute atomic E-state index is 13.6. The van der Waals surface area contributed by atoms with Crippen molar-refractivity contribution in [1.29, 1.82) is 0 Å². The normalized spacial score (nSPS) is 29.5. The van der Waals surface area contributed by atoms with Crippen LogP contribution in [0.15, 0.2) is 67.5 Å². The maximum Gasteiger partial charge on any atom is 0.391 e. The number of carboxylic acids is 1. The van der Waals surface area contributed by atoms with Crippen LogP contribution in [-0.2, 0) is 4.79 Å². The smallest absolute Gasteiger partial charge is 0.391 e. The van der Waals surface area contributed by atoms with Gasteiger partial charge in [0.1, 0.15) is 12.3 Å². The minimum atomic E-state index is -1.02. The number of aliphatic imine (C=N–C) groups is 1. The number of nitrogens with zero attached hydrogens (tertiary/aromatic N) is 5. The first-order valence-electron chi connectivity index (χ1n) is 10.2. The van der Waals surface area contributed by atoms with Gasteiger partial charge in [0.2, 0.25) is 18.0 Å². The third kappa shape index (κ3) is 3.26. The summed E-state index contributed by atoms with van der Waals surface area (Å²) in [7, 11) is 0. The molecule has 0 spiro atoms. The zero-order valence-electron chi connectivity index (χ0n) is 16.6. The van der Waals surface area contributed by atoms with E-state index in [2.05, 4.69) is 20.2 Å². The van der Waals surface area contributed by atoms with Gasteiger partial charge < -0.3 is 5.11 Å². The van der Waals surface area contributed by atoms with Crippen LogP contribution >= 0.6 is 11.6 Å². The molecule has 0 radical (unpaired) electrons. The van der Waals surface area contributed by atoms with E-state index in [0.717, 1.165) is 31.4 Å². The standard InChI is InChI=1S/C22H19ClFN5O2/c23-14-6-9-16-18(10-14)25-11-20-28-26-12-29(20,21(16)22(30)31)15-7-4-13(5-8-15)17-2-1-3-19(24)27-17/h1-3,6,10-13,15H,4-5,7-9H2/p+1. The molecule has 9 heteroatoms. The topological polar surface area (TPSA) is 87.3 Å². The molecule has 1 N–H and O–H groups in total. The van der Waals surface area contributed by atoms with Crippen molar-refractivity contribution in [3.05, 3.63) is 64.0 Å². The van der Waals surface area contributed by atoms with E-state index in [-0.39, 0.29) is 22.1 Å². The van der Waals surface area contributed by atoms with Gasteiger partial charge in [-0.1, -0.05) is 33.9 Å². The number of hydrogen-bond acceptors (Lipinski definition) is 5. The minimum Gasteiger partial charge on any atom is -0.474 e. The summed E-state index contributed by atoms with van der Waals surface area (Å²) in [5, 5.41) is 19.2. The largest absolute Gasteiger partial charge is 0.474 e. The first-order chi connectivity index (χ1) is 15.0. The van der Waals surface area contributed by atoms with Gasteiger partial charge in [0.05, 0.1) is 11.3 Å². The Hall–Kier alpha value is -2.97. The summed E-state index contributed by atoms with van der Waals surface area (Å²) in [6, 6.07) is 4.80. The van der Waals surface area contributed by atoms with Gasteiger partial charge in [-0.25, -0.2) is 14.8 Å². The van der Waals surface area contributed by atoms with Crippen molar-refractivity contribution >= 4 is 36.0 Å². The third-order valence-corrected chi connectivity index (χ3v) is 6.73. The highest BCUT2D eigenvalue weighted by atomic mass is 35.5. The second kappa shape index (κ2) is 7.62. The van der Waals surface area contributed by atoms with Crippen LogP contribution in [0.1, 0.15) is 43.7 Å². The second-order valence-electron chi connectivity index (χ2n) is 8.07. The first kappa shape index (κ1) is 20.0. The molecule has 0 bridgehead atoms. The zero-order valence-corrected chi connectivity index (χ0v) is 17.3. The Bertz CT molecular complexity index is 1140. The highest BCUT2D eigenvalue weighted by molar-refractivity contribution is 6.32. The van der Waals surface area contributed by atoms with Crippen LogP contribution in [0.3, 0.4) is 0 Å². The summed E-state index contributed by atoms with van der Waals surface area (Å²) in [5.74, 6) is -0.873. The molecule has 0 saturated heterocycles. The number of quaternary nitrogens is 1. The van der Waals surface area contributed by atoms with Crippen molar-refractivity contribution in [2.75, 3.05) is 0 Å². The van der Waals surface area contributed by atoms with Crippen molar-refractivity contribution in [3.63, 3.8) is 0 Å². The summed E-state index contributed by atoms with van der Waals surface area (Å²) >= 11 is 6.15. The van der Waals surface area contributed by atoms with E-state index in [9.17, 15) is 14.3 Å². The van der Waals surface area contributed by atoms with Crippen LogP contribution in [0.25, 0.3) is 0 Å². The van der Waals surface area contributed by atoms with Gasteiger partial charge in [-0.2, -0.15) is 8.87 Å². The van der Waals surface area contributed by atoms with Gasteiger partial charge >= 0.3 is 5.97 Å². The number of carbonyl (C=O) groups is 1. The Morgan fingerprint density at radius 1 is 1.23 bits per heavy atom. The number of hydrogen-bond donors (Lipinski definition) is 1. The fourth-order valence-corrected chi connectivity index (χ4v) is 5.22. The predicted octanol–water partition coefficient (Wildman–Crippen LogP) is 4.25. The molecule has 0 amide bonds. The molecule has 5 rings (SSSR count). The predicted molar refractivity (Wildman–Crippen MR) is 115 cm³/mol. The lowest BCUT2D eigenvalue weighted by Crippen LogP contribution is -2.59. The van der Waals surface area contributed by atoms with Crippen molar-refractivity contribution in [1.82, 2.24) is 4.98 Å². The molecule has 7 nitrogen and oxygen atoms in total. The van der Waals surface area contributed by atoms with Crippen molar-refractivity contribution in [2.24, 2.45) is 15.2 Å². The van der Waals surface area contributed by atoms with Crippen molar-refractivity contribution in [3.8, 4) is 0 Å². The average Bonchev–Trinajstić information content (AvgIpc) is 3.12. The molecule has 2 aliphatic carbocycles. The highest BCUT2D eigenvalue weighted by Crippen LogP contribution is 2.43. The van der Waals surface area contributed by atoms with Crippen LogP contribution in [0.2, 0.25) is 0 Å². The molecule has 158 valence electrons. The molecule has 1 unspecified atom stereocenters. The number of aliphatic carboxylic acids is 1. The Morgan fingerprint density at radius 3 is 2.77 bits per heavy atom. The van der Waals surface area contributed by atoms with Gasteiger partial charge in [0.15, 0.2) is 0 Å². The van der Waals surface area contributed by atoms with E-state index in [4.69, 9.17) is 11.6 Å². The van der Waals surface area contributed by atoms with Gasteiger partial charge in [-0.15, -0.1) is 0 Å². The monoisotopic (exact) mass is 440 g/mol. The minimum absolute atomic E-state index is 0.0553. The molecule has 1 fully saturated rings. The number of halogens is 2. The van der Waals surface area contributed by atoms with Crippen LogP contribution < -0.4 is 0 Å². The quantitative estimate of drug-likeness (QED) is 0.563. The lowest BCUT2D eigenvalue weighted by Gasteiger charge is -2.40. The lowest BCUT2D eigenvalue weighted by atomic mass is 9.81. The van der Waals surface area contributed by atoms with E-state index in [0.29, 0.717) is 28.6 Å². The molecule has 2 aliphatic heterocycles. The highest BCUT2D eigenvalue weighted by Gasteiger charge is 2.54. The van der Waals surface area contributed by atoms with Crippen LogP contribution in [-0.4, -0.2) is 45.0 Å². The van der Waals surface area contributed by atoms with E-state index >= 15 is 0 Å². The van der Waals surface area contributed by atoms with Crippen molar-refractivity contribution in [2.45, 2.75) is 44.1 Å². The SMILES string of the molecule is O=C(O)C1=C2CC=C(Cl)C=C2N=CC2=NN=C[N+]21C1CCC(c2cccc(F)n2)CC1. The van der Waals surface area contributed by atoms with Crippen molar-refractivity contribution < 1.29 is 18.8 Å². The Morgan fingerprint density at radius 2 is 2.03 bits per heavy atom. The number of rotatable bonds is 3. The van der Waals surface area contributed by atoms with E-state index in [1.165, 1.54) is 6.07 Å². The van der Waals surface area contributed by atoms with E-state index in [1.54, 1.807) is 30.8 Å². The second-order valence-corrected chi connectivity index (χ2v) is 8.51. The van der Waals surface area contributed by atoms with Crippen LogP contribution in [0.5, 0.6) is 0 Å². The number of allylic oxidation sites excluding steroid dienone is 4. The van der Waals surface area contributed by atoms with Gasteiger partial charge in [0, 0.05) is 35.9 Å². The molecule has 1 aromatic rings. The summed E-state index contributed by atoms with van der Waals surface area (Å²) in [5.41, 5.74) is 2.14. The van der Waals surface area contributed by atoms with Gasteiger partial charge in [-0.05, 0) is 31.1 Å². The summed E-state index contributed by atoms with van der Waals surface area (Å²) in [6.45, 7) is 0. The lowest BCUT2D eigenvalue weighted by molar-refractivity contribution is -0.723. The number of carboxylic acid groups (broad SMARTS) is 1. The fourth-order valence-electron chi connectivity index (χ4n) is 5.04. The van der Waals surface area contributed by atoms with Crippen LogP contribution in [0.4, 0.5) is 4.39 Å². The van der Waals surface area contributed by atoms with Gasteiger partial charge in [0.25, 0.3) is 5.84 Å². The summed E-state index contributed by atoms with van der Waals surface area (Å²) in [6.07, 6.45) is 10.1. The Balaban J connectivity index is 1.53. The molecule has 1 saturated carbocycles. The summed E-state index contributed by atoms with van der Waals surface area (Å²) < 4.78 is 13.5. The van der Waals surface area contributed by atoms with Gasteiger partial charge in [-0.3, -0.25) is 0 Å². The van der Waals surface area contributed by atoms with Crippen LogP contribution in [0, 0.1) is 5.95 Å². The fraction of sp³-hybridized carbons (Fsp3) is 0.318. The number of pyridine rings is 1. The van der Waals surface area contributed by atoms with E-state index < -0.39 is 11.9 Å². The molecule has 1 atom stereocenters. The van der Waals surface area contributed by atoms with E-state index in [1.807, 2.05) is 6.07 Å². The third-order valence-electron chi connectivity index (χ3n) is 6.46. The molecular formula is C22H20ClFN5O2+.